The van der Waals surface area contributed by atoms with E-state index in [2.05, 4.69) is 19.2 Å². The van der Waals surface area contributed by atoms with Crippen molar-refractivity contribution in [3.63, 3.8) is 0 Å². The second kappa shape index (κ2) is 7.76. The van der Waals surface area contributed by atoms with Crippen molar-refractivity contribution in [2.24, 2.45) is 17.6 Å². The molecule has 0 aromatic rings. The Balaban J connectivity index is 3.74. The minimum atomic E-state index is -0.0184. The SMILES string of the molecule is CC(C)C[C@H](CN)CC(=O)NCCO. The highest BCUT2D eigenvalue weighted by molar-refractivity contribution is 5.76. The number of hydrogen-bond donors (Lipinski definition) is 3. The predicted molar refractivity (Wildman–Crippen MR) is 56.7 cm³/mol. The topological polar surface area (TPSA) is 75.4 Å². The summed E-state index contributed by atoms with van der Waals surface area (Å²) in [5.41, 5.74) is 5.57. The summed E-state index contributed by atoms with van der Waals surface area (Å²) in [5.74, 6) is 0.804. The number of aliphatic hydroxyl groups excluding tert-OH is 1. The van der Waals surface area contributed by atoms with Crippen LogP contribution in [0.1, 0.15) is 26.7 Å². The first-order valence-corrected chi connectivity index (χ1v) is 5.17. The van der Waals surface area contributed by atoms with Crippen LogP contribution in [0.25, 0.3) is 0 Å². The van der Waals surface area contributed by atoms with Gasteiger partial charge < -0.3 is 16.2 Å². The van der Waals surface area contributed by atoms with Gasteiger partial charge in [-0.15, -0.1) is 0 Å². The van der Waals surface area contributed by atoms with E-state index in [9.17, 15) is 4.79 Å². The third kappa shape index (κ3) is 6.86. The molecule has 0 aliphatic rings. The molecule has 0 aromatic heterocycles. The molecule has 0 aromatic carbocycles. The van der Waals surface area contributed by atoms with Crippen LogP contribution in [0.3, 0.4) is 0 Å². The lowest BCUT2D eigenvalue weighted by Crippen LogP contribution is -2.30. The first-order valence-electron chi connectivity index (χ1n) is 5.17. The van der Waals surface area contributed by atoms with E-state index in [-0.39, 0.29) is 18.4 Å². The monoisotopic (exact) mass is 202 g/mol. The van der Waals surface area contributed by atoms with Gasteiger partial charge >= 0.3 is 0 Å². The van der Waals surface area contributed by atoms with Crippen molar-refractivity contribution >= 4 is 5.91 Å². The lowest BCUT2D eigenvalue weighted by molar-refractivity contribution is -0.122. The largest absolute Gasteiger partial charge is 0.395 e. The van der Waals surface area contributed by atoms with Crippen LogP contribution in [0.15, 0.2) is 0 Å². The van der Waals surface area contributed by atoms with Crippen LogP contribution in [0.2, 0.25) is 0 Å². The number of hydrogen-bond acceptors (Lipinski definition) is 3. The van der Waals surface area contributed by atoms with Crippen molar-refractivity contribution < 1.29 is 9.90 Å². The van der Waals surface area contributed by atoms with E-state index in [0.717, 1.165) is 6.42 Å². The van der Waals surface area contributed by atoms with E-state index in [1.807, 2.05) is 0 Å². The van der Waals surface area contributed by atoms with Gasteiger partial charge in [-0.3, -0.25) is 4.79 Å². The van der Waals surface area contributed by atoms with E-state index >= 15 is 0 Å². The van der Waals surface area contributed by atoms with Crippen LogP contribution in [0.4, 0.5) is 0 Å². The standard InChI is InChI=1S/C10H22N2O2/c1-8(2)5-9(7-11)6-10(14)12-3-4-13/h8-9,13H,3-7,11H2,1-2H3,(H,12,14)/t9-/m0/s1. The molecule has 4 nitrogen and oxygen atoms in total. The van der Waals surface area contributed by atoms with Crippen LogP contribution >= 0.6 is 0 Å². The molecule has 0 rings (SSSR count). The fourth-order valence-corrected chi connectivity index (χ4v) is 1.46. The van der Waals surface area contributed by atoms with Gasteiger partial charge in [0.05, 0.1) is 6.61 Å². The van der Waals surface area contributed by atoms with Gasteiger partial charge in [0.2, 0.25) is 5.91 Å². The lowest BCUT2D eigenvalue weighted by Gasteiger charge is -2.16. The van der Waals surface area contributed by atoms with Gasteiger partial charge in [0.15, 0.2) is 0 Å². The summed E-state index contributed by atoms with van der Waals surface area (Å²) in [6, 6.07) is 0. The molecule has 0 aliphatic heterocycles. The van der Waals surface area contributed by atoms with Crippen LogP contribution in [-0.4, -0.2) is 30.7 Å². The molecule has 0 bridgehead atoms. The Labute approximate surface area is 85.9 Å². The second-order valence-corrected chi connectivity index (χ2v) is 4.01. The third-order valence-electron chi connectivity index (χ3n) is 2.05. The summed E-state index contributed by atoms with van der Waals surface area (Å²) in [7, 11) is 0. The minimum absolute atomic E-state index is 0.0107. The second-order valence-electron chi connectivity index (χ2n) is 4.01. The van der Waals surface area contributed by atoms with Crippen molar-refractivity contribution in [3.8, 4) is 0 Å². The van der Waals surface area contributed by atoms with Crippen molar-refractivity contribution in [3.05, 3.63) is 0 Å². The molecule has 1 atom stereocenters. The summed E-state index contributed by atoms with van der Waals surface area (Å²) in [6.07, 6.45) is 1.44. The van der Waals surface area contributed by atoms with Crippen molar-refractivity contribution in [2.45, 2.75) is 26.7 Å². The molecule has 4 heteroatoms. The van der Waals surface area contributed by atoms with Crippen LogP contribution in [-0.2, 0) is 4.79 Å². The quantitative estimate of drug-likeness (QED) is 0.548. The number of carbonyl (C=O) groups excluding carboxylic acids is 1. The highest BCUT2D eigenvalue weighted by Gasteiger charge is 2.13. The molecule has 0 saturated carbocycles. The zero-order valence-corrected chi connectivity index (χ0v) is 9.12. The zero-order valence-electron chi connectivity index (χ0n) is 9.12. The molecule has 84 valence electrons. The molecule has 0 fully saturated rings. The Morgan fingerprint density at radius 1 is 1.50 bits per heavy atom. The van der Waals surface area contributed by atoms with E-state index < -0.39 is 0 Å². The molecule has 0 saturated heterocycles. The molecule has 0 spiro atoms. The Hall–Kier alpha value is -0.610. The fourth-order valence-electron chi connectivity index (χ4n) is 1.46. The molecule has 1 amide bonds. The van der Waals surface area contributed by atoms with Gasteiger partial charge in [-0.1, -0.05) is 13.8 Å². The van der Waals surface area contributed by atoms with Crippen LogP contribution < -0.4 is 11.1 Å². The minimum Gasteiger partial charge on any atom is -0.395 e. The summed E-state index contributed by atoms with van der Waals surface area (Å²) in [6.45, 7) is 5.11. The fraction of sp³-hybridized carbons (Fsp3) is 0.900. The summed E-state index contributed by atoms with van der Waals surface area (Å²) in [5, 5.41) is 11.1. The molecule has 0 radical (unpaired) electrons. The van der Waals surface area contributed by atoms with Crippen LogP contribution in [0, 0.1) is 11.8 Å². The zero-order chi connectivity index (χ0) is 11.0. The molecule has 4 N–H and O–H groups in total. The molecular formula is C10H22N2O2. The first-order chi connectivity index (χ1) is 6.60. The van der Waals surface area contributed by atoms with Gasteiger partial charge in [-0.2, -0.15) is 0 Å². The maximum absolute atomic E-state index is 11.3. The average molecular weight is 202 g/mol. The molecule has 0 aliphatic carbocycles. The van der Waals surface area contributed by atoms with Gasteiger partial charge in [-0.05, 0) is 24.8 Å². The Morgan fingerprint density at radius 2 is 2.14 bits per heavy atom. The smallest absolute Gasteiger partial charge is 0.220 e. The highest BCUT2D eigenvalue weighted by atomic mass is 16.3. The molecule has 0 unspecified atom stereocenters. The number of nitrogens with one attached hydrogen (secondary N) is 1. The number of aliphatic hydroxyl groups is 1. The highest BCUT2D eigenvalue weighted by Crippen LogP contribution is 2.13. The van der Waals surface area contributed by atoms with Gasteiger partial charge in [0.1, 0.15) is 0 Å². The number of amides is 1. The predicted octanol–water partition coefficient (Wildman–Crippen LogP) is 0.106. The Kier molecular flexibility index (Phi) is 7.42. The van der Waals surface area contributed by atoms with Crippen molar-refractivity contribution in [1.29, 1.82) is 0 Å². The normalized spacial score (nSPS) is 12.9. The average Bonchev–Trinajstić information content (AvgIpc) is 2.12. The summed E-state index contributed by atoms with van der Waals surface area (Å²) in [4.78, 5) is 11.3. The van der Waals surface area contributed by atoms with E-state index in [4.69, 9.17) is 10.8 Å². The maximum Gasteiger partial charge on any atom is 0.220 e. The van der Waals surface area contributed by atoms with Gasteiger partial charge in [-0.25, -0.2) is 0 Å². The van der Waals surface area contributed by atoms with Crippen molar-refractivity contribution in [2.75, 3.05) is 19.7 Å². The number of rotatable bonds is 7. The lowest BCUT2D eigenvalue weighted by atomic mass is 9.94. The van der Waals surface area contributed by atoms with E-state index in [0.29, 0.717) is 25.4 Å². The van der Waals surface area contributed by atoms with Crippen molar-refractivity contribution in [1.82, 2.24) is 5.32 Å². The number of carbonyl (C=O) groups is 1. The van der Waals surface area contributed by atoms with E-state index in [1.165, 1.54) is 0 Å². The van der Waals surface area contributed by atoms with Gasteiger partial charge in [0, 0.05) is 13.0 Å². The van der Waals surface area contributed by atoms with Crippen LogP contribution in [0.5, 0.6) is 0 Å². The maximum atomic E-state index is 11.3. The van der Waals surface area contributed by atoms with E-state index in [1.54, 1.807) is 0 Å². The number of nitrogens with two attached hydrogens (primary N) is 1. The molecular weight excluding hydrogens is 180 g/mol. The first kappa shape index (κ1) is 13.4. The molecule has 0 heterocycles. The third-order valence-corrected chi connectivity index (χ3v) is 2.05. The Morgan fingerprint density at radius 3 is 2.57 bits per heavy atom. The Bertz CT molecular complexity index is 160. The molecule has 14 heavy (non-hydrogen) atoms. The summed E-state index contributed by atoms with van der Waals surface area (Å²) >= 11 is 0. The van der Waals surface area contributed by atoms with Gasteiger partial charge in [0.25, 0.3) is 0 Å². The summed E-state index contributed by atoms with van der Waals surface area (Å²) < 4.78 is 0.